The predicted octanol–water partition coefficient (Wildman–Crippen LogP) is 4.41. The van der Waals surface area contributed by atoms with Crippen LogP contribution in [-0.4, -0.2) is 73.6 Å². The number of carbonyl (C=O) groups is 2. The van der Waals surface area contributed by atoms with Crippen LogP contribution >= 0.6 is 11.6 Å². The number of benzene rings is 2. The fourth-order valence-electron chi connectivity index (χ4n) is 5.18. The summed E-state index contributed by atoms with van der Waals surface area (Å²) in [5, 5.41) is 6.79. The summed E-state index contributed by atoms with van der Waals surface area (Å²) in [4.78, 5) is 36.2. The highest BCUT2D eigenvalue weighted by Crippen LogP contribution is 2.32. The Hall–Kier alpha value is -3.57. The van der Waals surface area contributed by atoms with Crippen molar-refractivity contribution < 1.29 is 19.1 Å². The number of halogens is 1. The molecule has 0 bridgehead atoms. The molecule has 10 nitrogen and oxygen atoms in total. The van der Waals surface area contributed by atoms with Gasteiger partial charge < -0.3 is 25.8 Å². The van der Waals surface area contributed by atoms with Crippen molar-refractivity contribution in [3.05, 3.63) is 70.4 Å². The zero-order chi connectivity index (χ0) is 30.1. The van der Waals surface area contributed by atoms with E-state index in [9.17, 15) is 9.59 Å². The van der Waals surface area contributed by atoms with Crippen LogP contribution in [0.2, 0.25) is 5.02 Å². The van der Waals surface area contributed by atoms with Gasteiger partial charge in [-0.3, -0.25) is 14.5 Å². The Morgan fingerprint density at radius 1 is 1.26 bits per heavy atom. The average molecular weight is 595 g/mol. The molecule has 3 aromatic rings. The molecule has 1 fully saturated rings. The second-order valence-corrected chi connectivity index (χ2v) is 10.9. The minimum atomic E-state index is -0.256. The summed E-state index contributed by atoms with van der Waals surface area (Å²) in [6.45, 7) is 3.83. The van der Waals surface area contributed by atoms with Gasteiger partial charge in [0.2, 0.25) is 11.9 Å². The van der Waals surface area contributed by atoms with Crippen molar-refractivity contribution >= 4 is 29.7 Å². The maximum Gasteiger partial charge on any atom is 0.234 e. The molecule has 4 N–H and O–H groups in total. The van der Waals surface area contributed by atoms with Crippen LogP contribution in [0, 0.1) is 0 Å². The summed E-state index contributed by atoms with van der Waals surface area (Å²) in [6, 6.07) is 12.9. The fraction of sp³-hybridized carbons (Fsp3) is 0.419. The van der Waals surface area contributed by atoms with E-state index >= 15 is 0 Å². The van der Waals surface area contributed by atoms with E-state index in [1.54, 1.807) is 19.4 Å². The Morgan fingerprint density at radius 2 is 2.05 bits per heavy atom. The van der Waals surface area contributed by atoms with Crippen LogP contribution < -0.4 is 21.1 Å². The molecule has 2 unspecified atom stereocenters. The smallest absolute Gasteiger partial charge is 0.234 e. The summed E-state index contributed by atoms with van der Waals surface area (Å²) < 4.78 is 10.7. The van der Waals surface area contributed by atoms with Crippen molar-refractivity contribution in [1.29, 1.82) is 0 Å². The van der Waals surface area contributed by atoms with E-state index in [1.807, 2.05) is 55.3 Å². The van der Waals surface area contributed by atoms with Crippen molar-refractivity contribution in [2.24, 2.45) is 5.73 Å². The normalized spacial score (nSPS) is 15.2. The van der Waals surface area contributed by atoms with Crippen LogP contribution in [0.4, 0.5) is 5.95 Å². The second-order valence-electron chi connectivity index (χ2n) is 10.5. The van der Waals surface area contributed by atoms with Gasteiger partial charge in [0.25, 0.3) is 0 Å². The zero-order valence-corrected chi connectivity index (χ0v) is 25.1. The predicted molar refractivity (Wildman–Crippen MR) is 164 cm³/mol. The molecular formula is C31H39ClN6O4. The minimum Gasteiger partial charge on any atom is -0.497 e. The molecule has 1 saturated heterocycles. The SMILES string of the molecule is COc1cccc(C(C)NC(=O)CN(C)C(CCN)c2ccc(-c3nc(NC4CCOCC4)ncc3Cl)cc2C=O)c1. The van der Waals surface area contributed by atoms with Gasteiger partial charge in [0.1, 0.15) is 12.0 Å². The molecule has 2 atom stereocenters. The van der Waals surface area contributed by atoms with Gasteiger partial charge >= 0.3 is 0 Å². The number of rotatable bonds is 13. The lowest BCUT2D eigenvalue weighted by Gasteiger charge is -2.29. The molecule has 2 aromatic carbocycles. The number of nitrogens with two attached hydrogens (primary N) is 1. The molecule has 1 amide bonds. The number of carbonyl (C=O) groups excluding carboxylic acids is 2. The molecular weight excluding hydrogens is 556 g/mol. The van der Waals surface area contributed by atoms with Crippen LogP contribution in [0.1, 0.15) is 59.8 Å². The lowest BCUT2D eigenvalue weighted by Crippen LogP contribution is -2.39. The number of anilines is 1. The van der Waals surface area contributed by atoms with Crippen molar-refractivity contribution in [3.63, 3.8) is 0 Å². The van der Waals surface area contributed by atoms with Crippen LogP contribution in [0.25, 0.3) is 11.3 Å². The standard InChI is InChI=1S/C31H39ClN6O4/c1-20(21-5-4-6-25(16-21)41-3)35-29(40)18-38(2)28(9-12-33)26-8-7-22(15-23(26)19-39)30-27(32)17-34-31(37-30)36-24-10-13-42-14-11-24/h4-8,15-17,19-20,24,28H,9-14,18,33H2,1-3H3,(H,35,40)(H,34,36,37). The molecule has 224 valence electrons. The van der Waals surface area contributed by atoms with Crippen molar-refractivity contribution in [2.45, 2.75) is 44.3 Å². The monoisotopic (exact) mass is 594 g/mol. The molecule has 1 aliphatic heterocycles. The zero-order valence-electron chi connectivity index (χ0n) is 24.3. The van der Waals surface area contributed by atoms with Gasteiger partial charge in [-0.1, -0.05) is 35.9 Å². The first-order valence-corrected chi connectivity index (χ1v) is 14.5. The van der Waals surface area contributed by atoms with E-state index in [0.29, 0.717) is 54.0 Å². The molecule has 1 aromatic heterocycles. The molecule has 0 radical (unpaired) electrons. The summed E-state index contributed by atoms with van der Waals surface area (Å²) in [6.07, 6.45) is 4.69. The number of aldehydes is 1. The first kappa shape index (κ1) is 31.4. The lowest BCUT2D eigenvalue weighted by atomic mass is 9.94. The Balaban J connectivity index is 1.50. The Kier molecular flexibility index (Phi) is 11.2. The van der Waals surface area contributed by atoms with Gasteiger partial charge in [-0.15, -0.1) is 0 Å². The van der Waals surface area contributed by atoms with Gasteiger partial charge in [0, 0.05) is 36.4 Å². The molecule has 42 heavy (non-hydrogen) atoms. The first-order chi connectivity index (χ1) is 20.3. The second kappa shape index (κ2) is 15.1. The van der Waals surface area contributed by atoms with Crippen LogP contribution in [0.15, 0.2) is 48.7 Å². The number of aromatic nitrogens is 2. The number of likely N-dealkylation sites (N-methyl/N-ethyl adjacent to an activating group) is 1. The third-order valence-electron chi connectivity index (χ3n) is 7.48. The Bertz CT molecular complexity index is 1370. The third kappa shape index (κ3) is 8.04. The molecule has 2 heterocycles. The van der Waals surface area contributed by atoms with Crippen molar-refractivity contribution in [2.75, 3.05) is 45.8 Å². The highest BCUT2D eigenvalue weighted by atomic mass is 35.5. The number of hydrogen-bond acceptors (Lipinski definition) is 9. The number of ether oxygens (including phenoxy) is 2. The number of nitrogens with one attached hydrogen (secondary N) is 2. The third-order valence-corrected chi connectivity index (χ3v) is 7.76. The molecule has 1 aliphatic rings. The van der Waals surface area contributed by atoms with Gasteiger partial charge in [0.05, 0.1) is 36.6 Å². The topological polar surface area (TPSA) is 132 Å². The summed E-state index contributed by atoms with van der Waals surface area (Å²) in [7, 11) is 3.47. The average Bonchev–Trinajstić information content (AvgIpc) is 3.01. The summed E-state index contributed by atoms with van der Waals surface area (Å²) in [5.74, 6) is 1.07. The van der Waals surface area contributed by atoms with Gasteiger partial charge in [-0.2, -0.15) is 0 Å². The van der Waals surface area contributed by atoms with Crippen molar-refractivity contribution in [1.82, 2.24) is 20.2 Å². The van der Waals surface area contributed by atoms with E-state index in [0.717, 1.165) is 36.0 Å². The summed E-state index contributed by atoms with van der Waals surface area (Å²) in [5.41, 5.74) is 9.40. The van der Waals surface area contributed by atoms with E-state index in [4.69, 9.17) is 26.8 Å². The van der Waals surface area contributed by atoms with Gasteiger partial charge in [-0.25, -0.2) is 9.97 Å². The van der Waals surface area contributed by atoms with E-state index in [-0.39, 0.29) is 30.6 Å². The molecule has 0 aliphatic carbocycles. The van der Waals surface area contributed by atoms with Crippen LogP contribution in [-0.2, 0) is 9.53 Å². The molecule has 4 rings (SSSR count). The van der Waals surface area contributed by atoms with E-state index in [1.165, 1.54) is 0 Å². The quantitative estimate of drug-likeness (QED) is 0.246. The van der Waals surface area contributed by atoms with E-state index in [2.05, 4.69) is 20.6 Å². The largest absolute Gasteiger partial charge is 0.497 e. The molecule has 0 saturated carbocycles. The Labute approximate surface area is 252 Å². The van der Waals surface area contributed by atoms with Gasteiger partial charge in [-0.05, 0) is 69.1 Å². The highest BCUT2D eigenvalue weighted by Gasteiger charge is 2.23. The van der Waals surface area contributed by atoms with Gasteiger partial charge in [0.15, 0.2) is 0 Å². The number of nitrogens with zero attached hydrogens (tertiary/aromatic N) is 3. The molecule has 0 spiro atoms. The van der Waals surface area contributed by atoms with Crippen LogP contribution in [0.5, 0.6) is 5.75 Å². The summed E-state index contributed by atoms with van der Waals surface area (Å²) >= 11 is 6.49. The number of methoxy groups -OCH3 is 1. The fourth-order valence-corrected chi connectivity index (χ4v) is 5.38. The van der Waals surface area contributed by atoms with Crippen LogP contribution in [0.3, 0.4) is 0 Å². The number of hydrogen-bond donors (Lipinski definition) is 3. The number of amides is 1. The Morgan fingerprint density at radius 3 is 2.76 bits per heavy atom. The lowest BCUT2D eigenvalue weighted by molar-refractivity contribution is -0.123. The van der Waals surface area contributed by atoms with E-state index < -0.39 is 0 Å². The maximum atomic E-state index is 13.0. The first-order valence-electron chi connectivity index (χ1n) is 14.1. The minimum absolute atomic E-state index is 0.123. The molecule has 11 heteroatoms. The highest BCUT2D eigenvalue weighted by molar-refractivity contribution is 6.32. The maximum absolute atomic E-state index is 13.0. The van der Waals surface area contributed by atoms with Crippen molar-refractivity contribution in [3.8, 4) is 17.0 Å².